The molecule has 0 radical (unpaired) electrons. The molecule has 2 saturated heterocycles. The largest absolute Gasteiger partial charge is 0.497 e. The summed E-state index contributed by atoms with van der Waals surface area (Å²) >= 11 is 0. The van der Waals surface area contributed by atoms with Gasteiger partial charge in [-0.3, -0.25) is 0 Å². The Morgan fingerprint density at radius 1 is 1.15 bits per heavy atom. The van der Waals surface area contributed by atoms with Crippen LogP contribution in [0.4, 0.5) is 0 Å². The van der Waals surface area contributed by atoms with E-state index < -0.39 is 0 Å². The minimum atomic E-state index is -0.213. The second kappa shape index (κ2) is 6.57. The lowest BCUT2D eigenvalue weighted by Gasteiger charge is -2.25. The van der Waals surface area contributed by atoms with Gasteiger partial charge in [0.05, 0.1) is 26.8 Å². The van der Waals surface area contributed by atoms with E-state index in [1.165, 1.54) is 32.4 Å². The normalized spacial score (nSPS) is 27.6. The van der Waals surface area contributed by atoms with Crippen molar-refractivity contribution in [3.05, 3.63) is 29.8 Å². The summed E-state index contributed by atoms with van der Waals surface area (Å²) in [5, 5.41) is 0. The summed E-state index contributed by atoms with van der Waals surface area (Å²) < 4.78 is 17.0. The lowest BCUT2D eigenvalue weighted by Crippen LogP contribution is -3.13. The fourth-order valence-corrected chi connectivity index (χ4v) is 3.07. The molecule has 1 aromatic rings. The Balaban J connectivity index is 1.52. The molecule has 1 aromatic carbocycles. The van der Waals surface area contributed by atoms with Gasteiger partial charge in [0.25, 0.3) is 0 Å². The average molecular weight is 278 g/mol. The zero-order valence-electron chi connectivity index (χ0n) is 12.1. The number of rotatable bonds is 4. The van der Waals surface area contributed by atoms with E-state index in [9.17, 15) is 0 Å². The number of hydrogen-bond donors (Lipinski definition) is 1. The summed E-state index contributed by atoms with van der Waals surface area (Å²) in [4.78, 5) is 1.67. The second-order valence-electron chi connectivity index (χ2n) is 5.71. The van der Waals surface area contributed by atoms with Crippen molar-refractivity contribution in [2.45, 2.75) is 31.7 Å². The molecule has 4 nitrogen and oxygen atoms in total. The van der Waals surface area contributed by atoms with Gasteiger partial charge in [-0.05, 0) is 31.4 Å². The molecule has 1 N–H and O–H groups in total. The fourth-order valence-electron chi connectivity index (χ4n) is 3.07. The van der Waals surface area contributed by atoms with E-state index >= 15 is 0 Å². The molecule has 0 unspecified atom stereocenters. The van der Waals surface area contributed by atoms with Gasteiger partial charge < -0.3 is 19.1 Å². The van der Waals surface area contributed by atoms with E-state index in [-0.39, 0.29) is 12.4 Å². The lowest BCUT2D eigenvalue weighted by atomic mass is 10.1. The summed E-state index contributed by atoms with van der Waals surface area (Å²) in [6.07, 6.45) is 4.11. The summed E-state index contributed by atoms with van der Waals surface area (Å²) in [5.41, 5.74) is 1.07. The molecule has 2 fully saturated rings. The Labute approximate surface area is 120 Å². The zero-order chi connectivity index (χ0) is 13.8. The van der Waals surface area contributed by atoms with Gasteiger partial charge in [0.2, 0.25) is 0 Å². The maximum absolute atomic E-state index is 6.04. The van der Waals surface area contributed by atoms with Gasteiger partial charge in [-0.15, -0.1) is 0 Å². The maximum atomic E-state index is 6.04. The molecule has 0 aromatic heterocycles. The maximum Gasteiger partial charge on any atom is 0.184 e. The zero-order valence-corrected chi connectivity index (χ0v) is 12.1. The molecule has 2 aliphatic rings. The van der Waals surface area contributed by atoms with Crippen LogP contribution >= 0.6 is 0 Å². The van der Waals surface area contributed by atoms with Crippen molar-refractivity contribution in [1.82, 2.24) is 0 Å². The van der Waals surface area contributed by atoms with Gasteiger partial charge >= 0.3 is 0 Å². The average Bonchev–Trinajstić information content (AvgIpc) is 2.97. The van der Waals surface area contributed by atoms with E-state index in [1.807, 2.05) is 24.3 Å². The Bertz CT molecular complexity index is 414. The number of piperidine rings is 1. The standard InChI is InChI=1S/C16H23NO3/c1-18-14-7-5-13(6-8-14)16-19-12-15(20-16)11-17-9-3-2-4-10-17/h5-8,15-16H,2-4,9-12H2,1H3/p+1/t15-,16-/m0/s1. The third-order valence-corrected chi connectivity index (χ3v) is 4.21. The van der Waals surface area contributed by atoms with Crippen molar-refractivity contribution >= 4 is 0 Å². The molecule has 2 heterocycles. The smallest absolute Gasteiger partial charge is 0.184 e. The van der Waals surface area contributed by atoms with Crippen LogP contribution in [-0.4, -0.2) is 39.5 Å². The SMILES string of the molecule is COc1ccc([C@H]2OC[C@H](C[NH+]3CCCCC3)O2)cc1. The van der Waals surface area contributed by atoms with Crippen LogP contribution in [0.1, 0.15) is 31.1 Å². The predicted octanol–water partition coefficient (Wildman–Crippen LogP) is 1.18. The number of hydrogen-bond acceptors (Lipinski definition) is 3. The molecule has 2 aliphatic heterocycles. The van der Waals surface area contributed by atoms with E-state index in [4.69, 9.17) is 14.2 Å². The van der Waals surface area contributed by atoms with E-state index in [0.717, 1.165) is 17.9 Å². The molecule has 2 atom stereocenters. The quantitative estimate of drug-likeness (QED) is 0.897. The first kappa shape index (κ1) is 13.9. The lowest BCUT2D eigenvalue weighted by molar-refractivity contribution is -0.907. The number of ether oxygens (including phenoxy) is 3. The van der Waals surface area contributed by atoms with Crippen molar-refractivity contribution in [3.8, 4) is 5.75 Å². The van der Waals surface area contributed by atoms with Gasteiger partial charge in [-0.25, -0.2) is 0 Å². The number of methoxy groups -OCH3 is 1. The van der Waals surface area contributed by atoms with Crippen LogP contribution < -0.4 is 9.64 Å². The van der Waals surface area contributed by atoms with Crippen LogP contribution in [0.15, 0.2) is 24.3 Å². The van der Waals surface area contributed by atoms with Crippen molar-refractivity contribution < 1.29 is 19.1 Å². The highest BCUT2D eigenvalue weighted by atomic mass is 16.7. The number of benzene rings is 1. The molecule has 110 valence electrons. The van der Waals surface area contributed by atoms with Crippen LogP contribution in [0.3, 0.4) is 0 Å². The van der Waals surface area contributed by atoms with Crippen molar-refractivity contribution in [2.75, 3.05) is 33.4 Å². The molecular formula is C16H24NO3+. The van der Waals surface area contributed by atoms with Crippen molar-refractivity contribution in [2.24, 2.45) is 0 Å². The summed E-state index contributed by atoms with van der Waals surface area (Å²) in [6, 6.07) is 7.93. The van der Waals surface area contributed by atoms with Crippen LogP contribution in [-0.2, 0) is 9.47 Å². The third kappa shape index (κ3) is 3.32. The van der Waals surface area contributed by atoms with Gasteiger partial charge in [-0.2, -0.15) is 0 Å². The number of likely N-dealkylation sites (tertiary alicyclic amines) is 1. The van der Waals surface area contributed by atoms with Crippen LogP contribution in [0.25, 0.3) is 0 Å². The Kier molecular flexibility index (Phi) is 4.55. The highest BCUT2D eigenvalue weighted by Gasteiger charge is 2.30. The van der Waals surface area contributed by atoms with Gasteiger partial charge in [0, 0.05) is 5.56 Å². The summed E-state index contributed by atoms with van der Waals surface area (Å²) in [5.74, 6) is 0.862. The molecule has 0 aliphatic carbocycles. The molecule has 3 rings (SSSR count). The van der Waals surface area contributed by atoms with Gasteiger partial charge in [0.15, 0.2) is 6.29 Å². The van der Waals surface area contributed by atoms with E-state index in [2.05, 4.69) is 0 Å². The minimum absolute atomic E-state index is 0.213. The van der Waals surface area contributed by atoms with Gasteiger partial charge in [0.1, 0.15) is 18.4 Å². The molecule has 0 spiro atoms. The Morgan fingerprint density at radius 3 is 2.60 bits per heavy atom. The monoisotopic (exact) mass is 278 g/mol. The summed E-state index contributed by atoms with van der Waals surface area (Å²) in [6.45, 7) is 4.35. The highest BCUT2D eigenvalue weighted by Crippen LogP contribution is 2.27. The first-order valence-electron chi connectivity index (χ1n) is 7.60. The molecular weight excluding hydrogens is 254 g/mol. The fraction of sp³-hybridized carbons (Fsp3) is 0.625. The molecule has 4 heteroatoms. The van der Waals surface area contributed by atoms with Crippen LogP contribution in [0, 0.1) is 0 Å². The third-order valence-electron chi connectivity index (χ3n) is 4.21. The second-order valence-corrected chi connectivity index (χ2v) is 5.71. The molecule has 0 saturated carbocycles. The topological polar surface area (TPSA) is 32.1 Å². The van der Waals surface area contributed by atoms with Crippen LogP contribution in [0.2, 0.25) is 0 Å². The highest BCUT2D eigenvalue weighted by molar-refractivity contribution is 5.28. The van der Waals surface area contributed by atoms with Crippen molar-refractivity contribution in [1.29, 1.82) is 0 Å². The molecule has 20 heavy (non-hydrogen) atoms. The Hall–Kier alpha value is -1.10. The van der Waals surface area contributed by atoms with Crippen molar-refractivity contribution in [3.63, 3.8) is 0 Å². The van der Waals surface area contributed by atoms with E-state index in [1.54, 1.807) is 12.0 Å². The minimum Gasteiger partial charge on any atom is -0.497 e. The van der Waals surface area contributed by atoms with Crippen LogP contribution in [0.5, 0.6) is 5.75 Å². The predicted molar refractivity (Wildman–Crippen MR) is 76.0 cm³/mol. The number of quaternary nitrogens is 1. The number of nitrogens with one attached hydrogen (secondary N) is 1. The summed E-state index contributed by atoms with van der Waals surface area (Å²) in [7, 11) is 1.68. The molecule has 0 bridgehead atoms. The first-order valence-corrected chi connectivity index (χ1v) is 7.60. The van der Waals surface area contributed by atoms with Gasteiger partial charge in [-0.1, -0.05) is 12.1 Å². The van der Waals surface area contributed by atoms with E-state index in [0.29, 0.717) is 6.61 Å². The first-order chi connectivity index (χ1) is 9.85. The Morgan fingerprint density at radius 2 is 1.90 bits per heavy atom. The molecule has 0 amide bonds.